The van der Waals surface area contributed by atoms with Crippen LogP contribution in [0.4, 0.5) is 4.39 Å². The van der Waals surface area contributed by atoms with Gasteiger partial charge in [0.15, 0.2) is 11.1 Å². The molecule has 1 unspecified atom stereocenters. The standard InChI is InChI=1S/C11H8FNO3S/c12-11-9(17(14)15)6-7-10(13-11)16-8-4-2-1-3-5-8/h1-7H,(H,14,15). The average molecular weight is 253 g/mol. The summed E-state index contributed by atoms with van der Waals surface area (Å²) in [6, 6.07) is 11.2. The Balaban J connectivity index is 2.24. The fourth-order valence-electron chi connectivity index (χ4n) is 1.20. The van der Waals surface area contributed by atoms with Crippen LogP contribution in [0.15, 0.2) is 47.4 Å². The van der Waals surface area contributed by atoms with Crippen molar-refractivity contribution >= 4 is 11.1 Å². The van der Waals surface area contributed by atoms with Gasteiger partial charge in [0.05, 0.1) is 0 Å². The normalized spacial score (nSPS) is 12.1. The summed E-state index contributed by atoms with van der Waals surface area (Å²) in [4.78, 5) is 3.08. The molecule has 88 valence electrons. The molecule has 6 heteroatoms. The van der Waals surface area contributed by atoms with Crippen molar-refractivity contribution in [2.45, 2.75) is 4.90 Å². The fraction of sp³-hybridized carbons (Fsp3) is 0. The Kier molecular flexibility index (Phi) is 3.46. The van der Waals surface area contributed by atoms with Gasteiger partial charge in [-0.05, 0) is 18.2 Å². The Morgan fingerprint density at radius 2 is 1.88 bits per heavy atom. The van der Waals surface area contributed by atoms with Crippen molar-refractivity contribution in [3.8, 4) is 11.6 Å². The van der Waals surface area contributed by atoms with Crippen LogP contribution >= 0.6 is 0 Å². The van der Waals surface area contributed by atoms with E-state index in [1.54, 1.807) is 24.3 Å². The molecule has 1 aromatic carbocycles. The van der Waals surface area contributed by atoms with Crippen molar-refractivity contribution in [1.82, 2.24) is 4.98 Å². The third kappa shape index (κ3) is 2.86. The molecule has 0 aliphatic rings. The molecule has 1 aromatic heterocycles. The van der Waals surface area contributed by atoms with E-state index in [4.69, 9.17) is 9.29 Å². The number of hydrogen-bond donors (Lipinski definition) is 1. The van der Waals surface area contributed by atoms with Crippen LogP contribution in [0.5, 0.6) is 11.6 Å². The predicted molar refractivity (Wildman–Crippen MR) is 59.7 cm³/mol. The van der Waals surface area contributed by atoms with E-state index in [0.29, 0.717) is 5.75 Å². The maximum absolute atomic E-state index is 13.3. The molecule has 0 spiro atoms. The number of halogens is 1. The molecule has 17 heavy (non-hydrogen) atoms. The SMILES string of the molecule is O=S(O)c1ccc(Oc2ccccc2)nc1F. The molecule has 0 fully saturated rings. The molecule has 0 amide bonds. The van der Waals surface area contributed by atoms with Gasteiger partial charge in [-0.3, -0.25) is 0 Å². The Bertz CT molecular complexity index is 548. The van der Waals surface area contributed by atoms with E-state index in [1.165, 1.54) is 6.07 Å². The highest BCUT2D eigenvalue weighted by Gasteiger charge is 2.11. The maximum atomic E-state index is 13.3. The molecule has 0 aliphatic heterocycles. The zero-order chi connectivity index (χ0) is 12.3. The summed E-state index contributed by atoms with van der Waals surface area (Å²) in [5.41, 5.74) is 0. The highest BCUT2D eigenvalue weighted by molar-refractivity contribution is 7.79. The average Bonchev–Trinajstić information content (AvgIpc) is 2.30. The number of para-hydroxylation sites is 1. The second-order valence-corrected chi connectivity index (χ2v) is 4.04. The number of nitrogens with zero attached hydrogens (tertiary/aromatic N) is 1. The van der Waals surface area contributed by atoms with Crippen molar-refractivity contribution in [2.75, 3.05) is 0 Å². The Morgan fingerprint density at radius 1 is 1.18 bits per heavy atom. The molecule has 0 radical (unpaired) electrons. The molecule has 1 heterocycles. The minimum absolute atomic E-state index is 0.0305. The molecule has 0 bridgehead atoms. The van der Waals surface area contributed by atoms with Crippen molar-refractivity contribution in [2.24, 2.45) is 0 Å². The van der Waals surface area contributed by atoms with Crippen LogP contribution in [0, 0.1) is 5.95 Å². The van der Waals surface area contributed by atoms with Crippen LogP contribution in [0.1, 0.15) is 0 Å². The summed E-state index contributed by atoms with van der Waals surface area (Å²) in [7, 11) is 0. The largest absolute Gasteiger partial charge is 0.439 e. The van der Waals surface area contributed by atoms with E-state index in [1.807, 2.05) is 6.07 Å². The van der Waals surface area contributed by atoms with Crippen LogP contribution in [0.3, 0.4) is 0 Å². The lowest BCUT2D eigenvalue weighted by Crippen LogP contribution is -1.98. The van der Waals surface area contributed by atoms with Gasteiger partial charge >= 0.3 is 0 Å². The van der Waals surface area contributed by atoms with E-state index in [0.717, 1.165) is 6.07 Å². The van der Waals surface area contributed by atoms with Crippen molar-refractivity contribution in [3.63, 3.8) is 0 Å². The molecule has 4 nitrogen and oxygen atoms in total. The van der Waals surface area contributed by atoms with Gasteiger partial charge in [-0.15, -0.1) is 0 Å². The van der Waals surface area contributed by atoms with Gasteiger partial charge in [0.1, 0.15) is 10.6 Å². The molecular formula is C11H8FNO3S. The highest BCUT2D eigenvalue weighted by atomic mass is 32.2. The molecule has 0 aliphatic carbocycles. The summed E-state index contributed by atoms with van der Waals surface area (Å²) >= 11 is -2.39. The Labute approximate surface area is 99.4 Å². The monoisotopic (exact) mass is 253 g/mol. The third-order valence-electron chi connectivity index (χ3n) is 1.94. The third-order valence-corrected chi connectivity index (χ3v) is 2.62. The first-order valence-corrected chi connectivity index (χ1v) is 5.78. The first-order chi connectivity index (χ1) is 8.16. The lowest BCUT2D eigenvalue weighted by Gasteiger charge is -2.05. The quantitative estimate of drug-likeness (QED) is 0.674. The molecular weight excluding hydrogens is 245 g/mol. The fourth-order valence-corrected chi connectivity index (χ4v) is 1.58. The topological polar surface area (TPSA) is 59.4 Å². The van der Waals surface area contributed by atoms with Gasteiger partial charge in [-0.2, -0.15) is 9.37 Å². The second-order valence-electron chi connectivity index (χ2n) is 3.10. The van der Waals surface area contributed by atoms with Gasteiger partial charge in [-0.25, -0.2) is 4.21 Å². The van der Waals surface area contributed by atoms with Gasteiger partial charge in [0.25, 0.3) is 0 Å². The molecule has 0 saturated carbocycles. The molecule has 1 N–H and O–H groups in total. The van der Waals surface area contributed by atoms with Crippen molar-refractivity contribution < 1.29 is 17.9 Å². The first-order valence-electron chi connectivity index (χ1n) is 4.67. The summed E-state index contributed by atoms with van der Waals surface area (Å²) in [6.07, 6.45) is 0. The zero-order valence-electron chi connectivity index (χ0n) is 8.54. The predicted octanol–water partition coefficient (Wildman–Crippen LogP) is 2.59. The molecule has 0 saturated heterocycles. The molecule has 2 aromatic rings. The lowest BCUT2D eigenvalue weighted by molar-refractivity contribution is 0.437. The molecule has 2 rings (SSSR count). The summed E-state index contributed by atoms with van der Waals surface area (Å²) in [5, 5.41) is 0. The number of ether oxygens (including phenoxy) is 1. The number of benzene rings is 1. The Hall–Kier alpha value is -1.79. The highest BCUT2D eigenvalue weighted by Crippen LogP contribution is 2.20. The van der Waals surface area contributed by atoms with Crippen LogP contribution in [-0.4, -0.2) is 13.7 Å². The zero-order valence-corrected chi connectivity index (χ0v) is 9.36. The molecule has 1 atom stereocenters. The summed E-state index contributed by atoms with van der Waals surface area (Å²) in [6.45, 7) is 0. The number of aromatic nitrogens is 1. The van der Waals surface area contributed by atoms with E-state index in [-0.39, 0.29) is 10.8 Å². The number of rotatable bonds is 3. The minimum atomic E-state index is -2.39. The van der Waals surface area contributed by atoms with Gasteiger partial charge in [-0.1, -0.05) is 18.2 Å². The lowest BCUT2D eigenvalue weighted by atomic mass is 10.3. The number of hydrogen-bond acceptors (Lipinski definition) is 3. The van der Waals surface area contributed by atoms with Gasteiger partial charge in [0, 0.05) is 6.07 Å². The van der Waals surface area contributed by atoms with Crippen LogP contribution in [0.2, 0.25) is 0 Å². The maximum Gasteiger partial charge on any atom is 0.234 e. The summed E-state index contributed by atoms with van der Waals surface area (Å²) < 4.78 is 37.9. The van der Waals surface area contributed by atoms with Crippen LogP contribution in [-0.2, 0) is 11.1 Å². The van der Waals surface area contributed by atoms with Gasteiger partial charge in [0.2, 0.25) is 11.8 Å². The second kappa shape index (κ2) is 5.03. The van der Waals surface area contributed by atoms with Crippen LogP contribution in [0.25, 0.3) is 0 Å². The van der Waals surface area contributed by atoms with Crippen molar-refractivity contribution in [3.05, 3.63) is 48.4 Å². The summed E-state index contributed by atoms with van der Waals surface area (Å²) in [5.74, 6) is -0.473. The van der Waals surface area contributed by atoms with E-state index < -0.39 is 17.0 Å². The van der Waals surface area contributed by atoms with Crippen molar-refractivity contribution in [1.29, 1.82) is 0 Å². The van der Waals surface area contributed by atoms with Gasteiger partial charge < -0.3 is 9.29 Å². The smallest absolute Gasteiger partial charge is 0.234 e. The minimum Gasteiger partial charge on any atom is -0.439 e. The number of pyridine rings is 1. The Morgan fingerprint density at radius 3 is 2.47 bits per heavy atom. The van der Waals surface area contributed by atoms with Crippen LogP contribution < -0.4 is 4.74 Å². The van der Waals surface area contributed by atoms with E-state index in [2.05, 4.69) is 4.98 Å². The first kappa shape index (κ1) is 11.7. The van der Waals surface area contributed by atoms with E-state index in [9.17, 15) is 8.60 Å². The van der Waals surface area contributed by atoms with E-state index >= 15 is 0 Å².